The average Bonchev–Trinajstić information content (AvgIpc) is 2.55. The molecule has 0 N–H and O–H groups in total. The average molecular weight is 357 g/mol. The molecule has 0 spiro atoms. The van der Waals surface area contributed by atoms with Crippen molar-refractivity contribution in [2.45, 2.75) is 0 Å². The zero-order valence-electron chi connectivity index (χ0n) is 11.2. The summed E-state index contributed by atoms with van der Waals surface area (Å²) in [5, 5.41) is 2.24. The number of rotatable bonds is 1. The van der Waals surface area contributed by atoms with Crippen LogP contribution in [0.15, 0.2) is 72.9 Å². The molecular formula is C18H12N2Ru+2. The molecule has 0 aliphatic rings. The topological polar surface area (TPSA) is 25.8 Å². The first kappa shape index (κ1) is 13.8. The van der Waals surface area contributed by atoms with Gasteiger partial charge in [-0.25, -0.2) is 4.98 Å². The molecule has 0 amide bonds. The number of aromatic nitrogens is 2. The summed E-state index contributed by atoms with van der Waals surface area (Å²) in [4.78, 5) is 9.29. The van der Waals surface area contributed by atoms with Gasteiger partial charge in [-0.3, -0.25) is 4.98 Å². The molecule has 4 aromatic rings. The van der Waals surface area contributed by atoms with Gasteiger partial charge in [0.05, 0.1) is 16.7 Å². The van der Waals surface area contributed by atoms with Crippen LogP contribution in [0.25, 0.3) is 33.1 Å². The fourth-order valence-corrected chi connectivity index (χ4v) is 2.49. The quantitative estimate of drug-likeness (QED) is 0.372. The van der Waals surface area contributed by atoms with E-state index in [1.54, 1.807) is 0 Å². The molecule has 0 fully saturated rings. The number of hydrogen-bond donors (Lipinski definition) is 0. The van der Waals surface area contributed by atoms with Crippen LogP contribution in [0.2, 0.25) is 0 Å². The fourth-order valence-electron chi connectivity index (χ4n) is 2.49. The van der Waals surface area contributed by atoms with Gasteiger partial charge in [-0.2, -0.15) is 0 Å². The van der Waals surface area contributed by atoms with Gasteiger partial charge in [0.15, 0.2) is 0 Å². The minimum Gasteiger partial charge on any atom is -0.254 e. The van der Waals surface area contributed by atoms with Crippen LogP contribution in [0.4, 0.5) is 0 Å². The second kappa shape index (κ2) is 5.71. The van der Waals surface area contributed by atoms with E-state index in [-0.39, 0.29) is 19.5 Å². The summed E-state index contributed by atoms with van der Waals surface area (Å²) in [5.74, 6) is 0. The van der Waals surface area contributed by atoms with Crippen molar-refractivity contribution in [1.29, 1.82) is 0 Å². The largest absolute Gasteiger partial charge is 2.00 e. The molecule has 100 valence electrons. The van der Waals surface area contributed by atoms with E-state index in [4.69, 9.17) is 4.98 Å². The molecule has 0 bridgehead atoms. The van der Waals surface area contributed by atoms with Crippen molar-refractivity contribution in [2.75, 3.05) is 0 Å². The van der Waals surface area contributed by atoms with Crippen molar-refractivity contribution in [1.82, 2.24) is 9.97 Å². The second-order valence-electron chi connectivity index (χ2n) is 4.77. The SMILES string of the molecule is [Ru+2].c1ccc(-c2ccc3ccc4cccnc4c3n2)cc1. The number of hydrogen-bond acceptors (Lipinski definition) is 2. The first-order chi connectivity index (χ1) is 9.92. The zero-order valence-corrected chi connectivity index (χ0v) is 12.9. The third kappa shape index (κ3) is 2.45. The van der Waals surface area contributed by atoms with Crippen LogP contribution < -0.4 is 0 Å². The Morgan fingerprint density at radius 1 is 0.619 bits per heavy atom. The van der Waals surface area contributed by atoms with Gasteiger partial charge in [0.25, 0.3) is 0 Å². The van der Waals surface area contributed by atoms with Crippen molar-refractivity contribution >= 4 is 21.8 Å². The number of nitrogens with zero attached hydrogens (tertiary/aromatic N) is 2. The Hall–Kier alpha value is -2.12. The molecule has 2 heterocycles. The van der Waals surface area contributed by atoms with Gasteiger partial charge in [0, 0.05) is 22.5 Å². The van der Waals surface area contributed by atoms with Crippen LogP contribution in [0.1, 0.15) is 0 Å². The maximum Gasteiger partial charge on any atom is 2.00 e. The predicted molar refractivity (Wildman–Crippen MR) is 82.5 cm³/mol. The van der Waals surface area contributed by atoms with Gasteiger partial charge < -0.3 is 0 Å². The van der Waals surface area contributed by atoms with Gasteiger partial charge in [-0.05, 0) is 12.1 Å². The summed E-state index contributed by atoms with van der Waals surface area (Å²) in [7, 11) is 0. The predicted octanol–water partition coefficient (Wildman–Crippen LogP) is 4.45. The van der Waals surface area contributed by atoms with Gasteiger partial charge in [0.2, 0.25) is 0 Å². The van der Waals surface area contributed by atoms with Crippen molar-refractivity contribution in [3.05, 3.63) is 72.9 Å². The van der Waals surface area contributed by atoms with Gasteiger partial charge in [-0.1, -0.05) is 54.6 Å². The maximum absolute atomic E-state index is 4.81. The van der Waals surface area contributed by atoms with E-state index in [0.29, 0.717) is 0 Å². The van der Waals surface area contributed by atoms with Gasteiger partial charge in [0.1, 0.15) is 0 Å². The van der Waals surface area contributed by atoms with Crippen molar-refractivity contribution < 1.29 is 19.5 Å². The van der Waals surface area contributed by atoms with Crippen LogP contribution >= 0.6 is 0 Å². The minimum atomic E-state index is 0. The summed E-state index contributed by atoms with van der Waals surface area (Å²) in [6.45, 7) is 0. The van der Waals surface area contributed by atoms with Crippen molar-refractivity contribution in [2.24, 2.45) is 0 Å². The minimum absolute atomic E-state index is 0. The molecule has 2 aromatic heterocycles. The Bertz CT molecular complexity index is 904. The molecule has 0 unspecified atom stereocenters. The van der Waals surface area contributed by atoms with Crippen LogP contribution in [0.3, 0.4) is 0 Å². The monoisotopic (exact) mass is 358 g/mol. The second-order valence-corrected chi connectivity index (χ2v) is 4.77. The smallest absolute Gasteiger partial charge is 0.254 e. The third-order valence-corrected chi connectivity index (χ3v) is 3.50. The van der Waals surface area contributed by atoms with E-state index < -0.39 is 0 Å². The molecule has 0 saturated carbocycles. The van der Waals surface area contributed by atoms with Crippen LogP contribution in [0, 0.1) is 0 Å². The molecule has 3 heteroatoms. The molecule has 0 saturated heterocycles. The van der Waals surface area contributed by atoms with E-state index >= 15 is 0 Å². The zero-order chi connectivity index (χ0) is 13.4. The number of fused-ring (bicyclic) bond motifs is 3. The Balaban J connectivity index is 0.00000132. The normalized spacial score (nSPS) is 10.5. The summed E-state index contributed by atoms with van der Waals surface area (Å²) in [6.07, 6.45) is 1.82. The first-order valence-electron chi connectivity index (χ1n) is 6.62. The molecule has 0 aliphatic heterocycles. The number of pyridine rings is 2. The summed E-state index contributed by atoms with van der Waals surface area (Å²) in [6, 6.07) is 22.6. The summed E-state index contributed by atoms with van der Waals surface area (Å²) in [5.41, 5.74) is 4.03. The first-order valence-corrected chi connectivity index (χ1v) is 6.62. The molecule has 2 nitrogen and oxygen atoms in total. The standard InChI is InChI=1S/C18H12N2.Ru/c1-2-5-13(6-3-1)16-11-10-15-9-8-14-7-4-12-19-17(14)18(15)20-16;/h1-12H;/q;+2. The Morgan fingerprint density at radius 2 is 1.33 bits per heavy atom. The molecule has 0 aliphatic carbocycles. The van der Waals surface area contributed by atoms with Crippen LogP contribution in [0.5, 0.6) is 0 Å². The fraction of sp³-hybridized carbons (Fsp3) is 0. The molecular weight excluding hydrogens is 345 g/mol. The van der Waals surface area contributed by atoms with Gasteiger partial charge in [-0.15, -0.1) is 0 Å². The van der Waals surface area contributed by atoms with Crippen LogP contribution in [-0.4, -0.2) is 9.97 Å². The molecule has 2 aromatic carbocycles. The van der Waals surface area contributed by atoms with Crippen molar-refractivity contribution in [3.8, 4) is 11.3 Å². The van der Waals surface area contributed by atoms with E-state index in [1.165, 1.54) is 0 Å². The van der Waals surface area contributed by atoms with E-state index in [9.17, 15) is 0 Å². The van der Waals surface area contributed by atoms with E-state index in [2.05, 4.69) is 47.4 Å². The van der Waals surface area contributed by atoms with Crippen LogP contribution in [-0.2, 0) is 19.5 Å². The van der Waals surface area contributed by atoms with E-state index in [1.807, 2.05) is 30.5 Å². The maximum atomic E-state index is 4.81. The third-order valence-electron chi connectivity index (χ3n) is 3.50. The van der Waals surface area contributed by atoms with Gasteiger partial charge >= 0.3 is 19.5 Å². The summed E-state index contributed by atoms with van der Waals surface area (Å²) >= 11 is 0. The Labute approximate surface area is 135 Å². The molecule has 21 heavy (non-hydrogen) atoms. The Morgan fingerprint density at radius 3 is 2.14 bits per heavy atom. The summed E-state index contributed by atoms with van der Waals surface area (Å²) < 4.78 is 0. The number of benzene rings is 2. The Kier molecular flexibility index (Phi) is 3.76. The molecule has 4 rings (SSSR count). The van der Waals surface area contributed by atoms with E-state index in [0.717, 1.165) is 33.1 Å². The van der Waals surface area contributed by atoms with Crippen molar-refractivity contribution in [3.63, 3.8) is 0 Å². The molecule has 0 atom stereocenters. The molecule has 0 radical (unpaired) electrons.